The zero-order valence-corrected chi connectivity index (χ0v) is 14.0. The molecule has 1 saturated heterocycles. The smallest absolute Gasteiger partial charge is 0.286 e. The van der Waals surface area contributed by atoms with Crippen LogP contribution >= 0.6 is 0 Å². The number of amides is 1. The van der Waals surface area contributed by atoms with Crippen LogP contribution in [0.15, 0.2) is 42.2 Å². The zero-order chi connectivity index (χ0) is 16.8. The van der Waals surface area contributed by atoms with Gasteiger partial charge in [0, 0.05) is 31.7 Å². The Kier molecular flexibility index (Phi) is 5.88. The Hall–Kier alpha value is -1.85. The van der Waals surface area contributed by atoms with Gasteiger partial charge in [-0.05, 0) is 37.4 Å². The molecule has 0 spiro atoms. The van der Waals surface area contributed by atoms with E-state index in [-0.39, 0.29) is 24.5 Å². The average molecular weight is 330 g/mol. The van der Waals surface area contributed by atoms with E-state index in [2.05, 4.69) is 22.3 Å². The number of allylic oxidation sites excluding steroid dienone is 1. The van der Waals surface area contributed by atoms with Crippen LogP contribution in [0.4, 0.5) is 0 Å². The SMILES string of the molecule is O=C(N[C@@H]1CN(Cc2ccccc2)CC[C@@H]1CO)C1=CCCCO1. The van der Waals surface area contributed by atoms with E-state index in [0.717, 1.165) is 38.9 Å². The summed E-state index contributed by atoms with van der Waals surface area (Å²) in [4.78, 5) is 14.7. The molecule has 0 bridgehead atoms. The second kappa shape index (κ2) is 8.31. The van der Waals surface area contributed by atoms with Crippen molar-refractivity contribution in [2.45, 2.75) is 31.8 Å². The van der Waals surface area contributed by atoms with Crippen LogP contribution in [0.5, 0.6) is 0 Å². The molecular weight excluding hydrogens is 304 g/mol. The fourth-order valence-electron chi connectivity index (χ4n) is 3.39. The van der Waals surface area contributed by atoms with Crippen molar-refractivity contribution in [1.29, 1.82) is 0 Å². The van der Waals surface area contributed by atoms with E-state index in [4.69, 9.17) is 4.74 Å². The number of nitrogens with zero attached hydrogens (tertiary/aromatic N) is 1. The summed E-state index contributed by atoms with van der Waals surface area (Å²) in [5, 5.41) is 12.7. The van der Waals surface area contributed by atoms with Gasteiger partial charge in [0.1, 0.15) is 0 Å². The molecule has 1 fully saturated rings. The van der Waals surface area contributed by atoms with E-state index in [1.165, 1.54) is 5.56 Å². The van der Waals surface area contributed by atoms with E-state index in [9.17, 15) is 9.90 Å². The molecule has 1 aromatic rings. The first-order valence-electron chi connectivity index (χ1n) is 8.77. The molecule has 5 nitrogen and oxygen atoms in total. The lowest BCUT2D eigenvalue weighted by atomic mass is 9.91. The Morgan fingerprint density at radius 2 is 2.17 bits per heavy atom. The first-order chi connectivity index (χ1) is 11.8. The largest absolute Gasteiger partial charge is 0.488 e. The standard InChI is InChI=1S/C19H26N2O3/c22-14-16-9-10-21(12-15-6-2-1-3-7-15)13-17(16)20-19(23)18-8-4-5-11-24-18/h1-3,6-8,16-17,22H,4-5,9-14H2,(H,20,23)/t16-,17-/m1/s1. The van der Waals surface area contributed by atoms with Gasteiger partial charge in [-0.1, -0.05) is 30.3 Å². The lowest BCUT2D eigenvalue weighted by molar-refractivity contribution is -0.123. The Morgan fingerprint density at radius 1 is 1.33 bits per heavy atom. The van der Waals surface area contributed by atoms with Gasteiger partial charge in [0.05, 0.1) is 6.61 Å². The molecule has 0 aromatic heterocycles. The van der Waals surface area contributed by atoms with Crippen molar-refractivity contribution in [3.05, 3.63) is 47.7 Å². The number of rotatable bonds is 5. The topological polar surface area (TPSA) is 61.8 Å². The van der Waals surface area contributed by atoms with Crippen LogP contribution in [-0.2, 0) is 16.1 Å². The number of aliphatic hydroxyl groups is 1. The van der Waals surface area contributed by atoms with Gasteiger partial charge >= 0.3 is 0 Å². The van der Waals surface area contributed by atoms with Crippen molar-refractivity contribution in [2.24, 2.45) is 5.92 Å². The summed E-state index contributed by atoms with van der Waals surface area (Å²) in [6.07, 6.45) is 4.59. The van der Waals surface area contributed by atoms with Crippen LogP contribution in [0.25, 0.3) is 0 Å². The minimum Gasteiger partial charge on any atom is -0.488 e. The van der Waals surface area contributed by atoms with Crippen molar-refractivity contribution >= 4 is 5.91 Å². The maximum Gasteiger partial charge on any atom is 0.286 e. The quantitative estimate of drug-likeness (QED) is 0.862. The minimum absolute atomic E-state index is 0.0496. The highest BCUT2D eigenvalue weighted by atomic mass is 16.5. The van der Waals surface area contributed by atoms with E-state index in [0.29, 0.717) is 12.4 Å². The summed E-state index contributed by atoms with van der Waals surface area (Å²) in [6.45, 7) is 3.26. The van der Waals surface area contributed by atoms with Crippen LogP contribution in [0.3, 0.4) is 0 Å². The van der Waals surface area contributed by atoms with Gasteiger partial charge in [0.15, 0.2) is 5.76 Å². The molecule has 2 aliphatic heterocycles. The molecule has 24 heavy (non-hydrogen) atoms. The summed E-state index contributed by atoms with van der Waals surface area (Å²) in [5.74, 6) is 0.378. The summed E-state index contributed by atoms with van der Waals surface area (Å²) >= 11 is 0. The molecule has 3 rings (SSSR count). The van der Waals surface area contributed by atoms with Crippen LogP contribution in [0.2, 0.25) is 0 Å². The number of aliphatic hydroxyl groups excluding tert-OH is 1. The molecule has 0 saturated carbocycles. The molecule has 1 amide bonds. The van der Waals surface area contributed by atoms with Gasteiger partial charge in [-0.2, -0.15) is 0 Å². The average Bonchev–Trinajstić information content (AvgIpc) is 2.63. The third-order valence-corrected chi connectivity index (χ3v) is 4.80. The number of benzene rings is 1. The fraction of sp³-hybridized carbons (Fsp3) is 0.526. The van der Waals surface area contributed by atoms with E-state index in [1.54, 1.807) is 0 Å². The van der Waals surface area contributed by atoms with E-state index < -0.39 is 0 Å². The molecule has 2 heterocycles. The number of nitrogens with one attached hydrogen (secondary N) is 1. The van der Waals surface area contributed by atoms with Crippen molar-refractivity contribution in [3.63, 3.8) is 0 Å². The number of hydrogen-bond acceptors (Lipinski definition) is 4. The van der Waals surface area contributed by atoms with E-state index >= 15 is 0 Å². The van der Waals surface area contributed by atoms with Gasteiger partial charge < -0.3 is 15.2 Å². The number of hydrogen-bond donors (Lipinski definition) is 2. The second-order valence-corrected chi connectivity index (χ2v) is 6.59. The van der Waals surface area contributed by atoms with Crippen molar-refractivity contribution in [2.75, 3.05) is 26.3 Å². The third-order valence-electron chi connectivity index (χ3n) is 4.80. The predicted octanol–water partition coefficient (Wildman–Crippen LogP) is 1.68. The highest BCUT2D eigenvalue weighted by Gasteiger charge is 2.31. The van der Waals surface area contributed by atoms with Gasteiger partial charge in [0.2, 0.25) is 0 Å². The van der Waals surface area contributed by atoms with Crippen LogP contribution in [-0.4, -0.2) is 48.3 Å². The first kappa shape index (κ1) is 17.0. The Morgan fingerprint density at radius 3 is 2.88 bits per heavy atom. The molecule has 0 unspecified atom stereocenters. The number of carbonyl (C=O) groups is 1. The van der Waals surface area contributed by atoms with Crippen molar-refractivity contribution in [3.8, 4) is 0 Å². The number of ether oxygens (including phenoxy) is 1. The maximum atomic E-state index is 12.4. The molecule has 130 valence electrons. The molecule has 2 atom stereocenters. The number of piperidine rings is 1. The van der Waals surface area contributed by atoms with Gasteiger partial charge in [-0.3, -0.25) is 9.69 Å². The Labute approximate surface area is 143 Å². The normalized spacial score (nSPS) is 24.8. The molecular formula is C19H26N2O3. The van der Waals surface area contributed by atoms with Crippen LogP contribution < -0.4 is 5.32 Å². The maximum absolute atomic E-state index is 12.4. The van der Waals surface area contributed by atoms with Gasteiger partial charge in [0.25, 0.3) is 5.91 Å². The molecule has 0 radical (unpaired) electrons. The highest BCUT2D eigenvalue weighted by molar-refractivity contribution is 5.91. The third kappa shape index (κ3) is 4.36. The highest BCUT2D eigenvalue weighted by Crippen LogP contribution is 2.20. The minimum atomic E-state index is -0.153. The first-order valence-corrected chi connectivity index (χ1v) is 8.77. The number of likely N-dealkylation sites (tertiary alicyclic amines) is 1. The lowest BCUT2D eigenvalue weighted by Gasteiger charge is -2.38. The van der Waals surface area contributed by atoms with E-state index in [1.807, 2.05) is 24.3 Å². The van der Waals surface area contributed by atoms with Crippen LogP contribution in [0, 0.1) is 5.92 Å². The molecule has 2 aliphatic rings. The monoisotopic (exact) mass is 330 g/mol. The van der Waals surface area contributed by atoms with Crippen molar-refractivity contribution in [1.82, 2.24) is 10.2 Å². The zero-order valence-electron chi connectivity index (χ0n) is 14.0. The summed E-state index contributed by atoms with van der Waals surface area (Å²) < 4.78 is 5.45. The second-order valence-electron chi connectivity index (χ2n) is 6.59. The van der Waals surface area contributed by atoms with Crippen LogP contribution in [0.1, 0.15) is 24.8 Å². The predicted molar refractivity (Wildman–Crippen MR) is 92.1 cm³/mol. The summed E-state index contributed by atoms with van der Waals surface area (Å²) in [5.41, 5.74) is 1.27. The molecule has 1 aromatic carbocycles. The fourth-order valence-corrected chi connectivity index (χ4v) is 3.39. The van der Waals surface area contributed by atoms with Gasteiger partial charge in [-0.15, -0.1) is 0 Å². The lowest BCUT2D eigenvalue weighted by Crippen LogP contribution is -2.53. The summed E-state index contributed by atoms with van der Waals surface area (Å²) in [7, 11) is 0. The summed E-state index contributed by atoms with van der Waals surface area (Å²) in [6, 6.07) is 10.3. The number of carbonyl (C=O) groups excluding carboxylic acids is 1. The molecule has 2 N–H and O–H groups in total. The molecule has 0 aliphatic carbocycles. The Bertz CT molecular complexity index is 573. The van der Waals surface area contributed by atoms with Crippen molar-refractivity contribution < 1.29 is 14.6 Å². The molecule has 5 heteroatoms. The van der Waals surface area contributed by atoms with Gasteiger partial charge in [-0.25, -0.2) is 0 Å². The Balaban J connectivity index is 1.60.